The predicted molar refractivity (Wildman–Crippen MR) is 71.1 cm³/mol. The molecule has 1 aromatic rings. The van der Waals surface area contributed by atoms with Gasteiger partial charge in [-0.05, 0) is 18.6 Å². The summed E-state index contributed by atoms with van der Waals surface area (Å²) in [5, 5.41) is 5.28. The van der Waals surface area contributed by atoms with Crippen LogP contribution in [-0.4, -0.2) is 20.3 Å². The van der Waals surface area contributed by atoms with Crippen molar-refractivity contribution in [2.45, 2.75) is 13.3 Å². The van der Waals surface area contributed by atoms with Crippen molar-refractivity contribution in [1.82, 2.24) is 5.32 Å². The molecule has 0 aliphatic carbocycles. The Morgan fingerprint density at radius 1 is 1.33 bits per heavy atom. The van der Waals surface area contributed by atoms with E-state index in [9.17, 15) is 4.79 Å². The highest BCUT2D eigenvalue weighted by molar-refractivity contribution is 5.91. The number of hydrogen-bond donors (Lipinski definition) is 2. The zero-order valence-corrected chi connectivity index (χ0v) is 10.8. The van der Waals surface area contributed by atoms with Crippen LogP contribution in [0.2, 0.25) is 0 Å². The van der Waals surface area contributed by atoms with Gasteiger partial charge in [0.05, 0.1) is 19.9 Å². The van der Waals surface area contributed by atoms with Crippen LogP contribution in [0.4, 0.5) is 10.5 Å². The van der Waals surface area contributed by atoms with E-state index in [4.69, 9.17) is 9.47 Å². The summed E-state index contributed by atoms with van der Waals surface area (Å²) in [6.45, 7) is 1.99. The Bertz CT molecular complexity index is 430. The van der Waals surface area contributed by atoms with Crippen LogP contribution in [0.5, 0.6) is 11.5 Å². The highest BCUT2D eigenvalue weighted by Gasteiger charge is 2.07. The normalized spacial score (nSPS) is 10.2. The van der Waals surface area contributed by atoms with Crippen molar-refractivity contribution in [3.8, 4) is 11.5 Å². The molecular weight excluding hydrogens is 232 g/mol. The summed E-state index contributed by atoms with van der Waals surface area (Å²) in [6, 6.07) is 4.86. The van der Waals surface area contributed by atoms with Crippen LogP contribution in [-0.2, 0) is 0 Å². The number of methoxy groups -OCH3 is 2. The van der Waals surface area contributed by atoms with Gasteiger partial charge in [-0.3, -0.25) is 0 Å². The van der Waals surface area contributed by atoms with Gasteiger partial charge in [-0.2, -0.15) is 0 Å². The molecule has 98 valence electrons. The fraction of sp³-hybridized carbons (Fsp3) is 0.308. The SMILES string of the molecule is CC/C=C/NC(=O)Nc1cc(OC)ccc1OC. The molecule has 0 radical (unpaired) electrons. The largest absolute Gasteiger partial charge is 0.497 e. The summed E-state index contributed by atoms with van der Waals surface area (Å²) >= 11 is 0. The lowest BCUT2D eigenvalue weighted by Gasteiger charge is -2.11. The lowest BCUT2D eigenvalue weighted by atomic mass is 10.2. The van der Waals surface area contributed by atoms with Crippen LogP contribution in [0, 0.1) is 0 Å². The van der Waals surface area contributed by atoms with Gasteiger partial charge in [0, 0.05) is 12.3 Å². The fourth-order valence-corrected chi connectivity index (χ4v) is 1.32. The molecular formula is C13H18N2O3. The number of ether oxygens (including phenoxy) is 2. The molecule has 5 heteroatoms. The summed E-state index contributed by atoms with van der Waals surface area (Å²) < 4.78 is 10.2. The van der Waals surface area contributed by atoms with Crippen molar-refractivity contribution in [3.05, 3.63) is 30.5 Å². The maximum absolute atomic E-state index is 11.6. The van der Waals surface area contributed by atoms with Gasteiger partial charge >= 0.3 is 6.03 Å². The number of nitrogens with one attached hydrogen (secondary N) is 2. The maximum Gasteiger partial charge on any atom is 0.323 e. The van der Waals surface area contributed by atoms with E-state index < -0.39 is 0 Å². The Labute approximate surface area is 107 Å². The highest BCUT2D eigenvalue weighted by Crippen LogP contribution is 2.28. The molecule has 0 aromatic heterocycles. The van der Waals surface area contributed by atoms with Gasteiger partial charge in [-0.25, -0.2) is 4.79 Å². The number of anilines is 1. The maximum atomic E-state index is 11.6. The average molecular weight is 250 g/mol. The molecule has 0 aliphatic heterocycles. The van der Waals surface area contributed by atoms with Crippen LogP contribution in [0.3, 0.4) is 0 Å². The molecule has 0 atom stereocenters. The van der Waals surface area contributed by atoms with Gasteiger partial charge in [0.25, 0.3) is 0 Å². The summed E-state index contributed by atoms with van der Waals surface area (Å²) in [7, 11) is 3.11. The Kier molecular flexibility index (Phi) is 5.57. The van der Waals surface area contributed by atoms with Crippen LogP contribution in [0.1, 0.15) is 13.3 Å². The van der Waals surface area contributed by atoms with Gasteiger partial charge in [0.2, 0.25) is 0 Å². The summed E-state index contributed by atoms with van der Waals surface area (Å²) in [5.41, 5.74) is 0.555. The van der Waals surface area contributed by atoms with Gasteiger partial charge in [0.15, 0.2) is 0 Å². The molecule has 0 spiro atoms. The molecule has 5 nitrogen and oxygen atoms in total. The number of carbonyl (C=O) groups excluding carboxylic acids is 1. The van der Waals surface area contributed by atoms with Crippen LogP contribution in [0.25, 0.3) is 0 Å². The van der Waals surface area contributed by atoms with Crippen molar-refractivity contribution >= 4 is 11.7 Å². The number of benzene rings is 1. The number of amides is 2. The van der Waals surface area contributed by atoms with Crippen molar-refractivity contribution in [1.29, 1.82) is 0 Å². The molecule has 0 aliphatic rings. The standard InChI is InChI=1S/C13H18N2O3/c1-4-5-8-14-13(16)15-11-9-10(17-2)6-7-12(11)18-3/h5-9H,4H2,1-3H3,(H2,14,15,16)/b8-5+. The van der Waals surface area contributed by atoms with E-state index in [1.54, 1.807) is 38.6 Å². The van der Waals surface area contributed by atoms with Crippen LogP contribution < -0.4 is 20.1 Å². The zero-order chi connectivity index (χ0) is 13.4. The Morgan fingerprint density at radius 3 is 2.72 bits per heavy atom. The first-order valence-corrected chi connectivity index (χ1v) is 5.65. The van der Waals surface area contributed by atoms with Gasteiger partial charge < -0.3 is 20.1 Å². The number of rotatable bonds is 5. The van der Waals surface area contributed by atoms with Crippen molar-refractivity contribution < 1.29 is 14.3 Å². The molecule has 0 fully saturated rings. The summed E-state index contributed by atoms with van der Waals surface area (Å²) in [6.07, 6.45) is 4.31. The molecule has 2 N–H and O–H groups in total. The number of allylic oxidation sites excluding steroid dienone is 1. The van der Waals surface area contributed by atoms with E-state index in [0.717, 1.165) is 6.42 Å². The Morgan fingerprint density at radius 2 is 2.11 bits per heavy atom. The first-order valence-electron chi connectivity index (χ1n) is 5.65. The van der Waals surface area contributed by atoms with E-state index >= 15 is 0 Å². The van der Waals surface area contributed by atoms with E-state index in [2.05, 4.69) is 10.6 Å². The van der Waals surface area contributed by atoms with Crippen LogP contribution >= 0.6 is 0 Å². The monoisotopic (exact) mass is 250 g/mol. The molecule has 1 rings (SSSR count). The van der Waals surface area contributed by atoms with E-state index in [0.29, 0.717) is 17.2 Å². The Balaban J connectivity index is 2.75. The second kappa shape index (κ2) is 7.21. The third-order valence-electron chi connectivity index (χ3n) is 2.22. The molecule has 0 saturated heterocycles. The second-order valence-corrected chi connectivity index (χ2v) is 3.48. The third-order valence-corrected chi connectivity index (χ3v) is 2.22. The van der Waals surface area contributed by atoms with Gasteiger partial charge in [0.1, 0.15) is 11.5 Å². The lowest BCUT2D eigenvalue weighted by molar-refractivity contribution is 0.255. The quantitative estimate of drug-likeness (QED) is 0.844. The molecule has 0 unspecified atom stereocenters. The van der Waals surface area contributed by atoms with Gasteiger partial charge in [-0.1, -0.05) is 13.0 Å². The first kappa shape index (κ1) is 13.9. The molecule has 0 saturated carbocycles. The molecule has 18 heavy (non-hydrogen) atoms. The number of urea groups is 1. The number of hydrogen-bond acceptors (Lipinski definition) is 3. The van der Waals surface area contributed by atoms with Gasteiger partial charge in [-0.15, -0.1) is 0 Å². The van der Waals surface area contributed by atoms with E-state index in [-0.39, 0.29) is 6.03 Å². The second-order valence-electron chi connectivity index (χ2n) is 3.48. The van der Waals surface area contributed by atoms with Crippen LogP contribution in [0.15, 0.2) is 30.5 Å². The molecule has 1 aromatic carbocycles. The van der Waals surface area contributed by atoms with Crippen molar-refractivity contribution in [2.75, 3.05) is 19.5 Å². The number of carbonyl (C=O) groups is 1. The summed E-state index contributed by atoms with van der Waals surface area (Å²) in [4.78, 5) is 11.6. The molecule has 0 heterocycles. The fourth-order valence-electron chi connectivity index (χ4n) is 1.32. The third kappa shape index (κ3) is 4.01. The molecule has 0 bridgehead atoms. The smallest absolute Gasteiger partial charge is 0.323 e. The Hall–Kier alpha value is -2.17. The predicted octanol–water partition coefficient (Wildman–Crippen LogP) is 2.75. The van der Waals surface area contributed by atoms with E-state index in [1.165, 1.54) is 0 Å². The van der Waals surface area contributed by atoms with Crippen molar-refractivity contribution in [2.24, 2.45) is 0 Å². The first-order chi connectivity index (χ1) is 8.71. The minimum Gasteiger partial charge on any atom is -0.497 e. The summed E-state index contributed by atoms with van der Waals surface area (Å²) in [5.74, 6) is 1.22. The topological polar surface area (TPSA) is 59.6 Å². The van der Waals surface area contributed by atoms with Crippen molar-refractivity contribution in [3.63, 3.8) is 0 Å². The van der Waals surface area contributed by atoms with E-state index in [1.807, 2.05) is 13.0 Å². The lowest BCUT2D eigenvalue weighted by Crippen LogP contribution is -2.24. The average Bonchev–Trinajstić information content (AvgIpc) is 2.39. The highest BCUT2D eigenvalue weighted by atomic mass is 16.5. The zero-order valence-electron chi connectivity index (χ0n) is 10.8. The minimum atomic E-state index is -0.328. The molecule has 2 amide bonds. The minimum absolute atomic E-state index is 0.328.